The SMILES string of the molecule is C=C(C(=O)O)c1cccc2c1Cc1ccccc1-2.C=C(S)C(=O)O. The molecule has 2 aromatic rings. The third-order valence-electron chi connectivity index (χ3n) is 3.68. The maximum atomic E-state index is 11.1. The van der Waals surface area contributed by atoms with E-state index >= 15 is 0 Å². The molecule has 2 aromatic carbocycles. The molecule has 0 amide bonds. The summed E-state index contributed by atoms with van der Waals surface area (Å²) in [6, 6.07) is 13.9. The Balaban J connectivity index is 0.000000301. The number of hydrogen-bond acceptors (Lipinski definition) is 3. The van der Waals surface area contributed by atoms with E-state index in [1.807, 2.05) is 30.3 Å². The lowest BCUT2D eigenvalue weighted by Gasteiger charge is -2.07. The molecule has 0 aliphatic heterocycles. The Hall–Kier alpha value is -2.79. The number of rotatable bonds is 3. The van der Waals surface area contributed by atoms with E-state index in [4.69, 9.17) is 10.2 Å². The highest BCUT2D eigenvalue weighted by molar-refractivity contribution is 7.85. The average Bonchev–Trinajstić information content (AvgIpc) is 2.93. The lowest BCUT2D eigenvalue weighted by molar-refractivity contribution is -0.132. The number of fused-ring (bicyclic) bond motifs is 3. The zero-order chi connectivity index (χ0) is 17.9. The highest BCUT2D eigenvalue weighted by Crippen LogP contribution is 2.39. The number of carboxylic acid groups (broad SMARTS) is 2. The lowest BCUT2D eigenvalue weighted by atomic mass is 9.96. The molecule has 122 valence electrons. The van der Waals surface area contributed by atoms with E-state index < -0.39 is 11.9 Å². The van der Waals surface area contributed by atoms with Gasteiger partial charge >= 0.3 is 11.9 Å². The first kappa shape index (κ1) is 17.6. The van der Waals surface area contributed by atoms with Crippen LogP contribution in [0.4, 0.5) is 0 Å². The summed E-state index contributed by atoms with van der Waals surface area (Å²) in [4.78, 5) is 20.5. The molecule has 1 aliphatic rings. The first-order valence-corrected chi connectivity index (χ1v) is 7.51. The molecule has 0 aromatic heterocycles. The molecule has 1 aliphatic carbocycles. The lowest BCUT2D eigenvalue weighted by Crippen LogP contribution is -2.01. The van der Waals surface area contributed by atoms with E-state index in [1.54, 1.807) is 0 Å². The Morgan fingerprint density at radius 2 is 1.50 bits per heavy atom. The molecule has 0 radical (unpaired) electrons. The van der Waals surface area contributed by atoms with Gasteiger partial charge in [0.15, 0.2) is 0 Å². The smallest absolute Gasteiger partial charge is 0.341 e. The molecule has 5 heteroatoms. The third-order valence-corrected chi connectivity index (χ3v) is 3.87. The van der Waals surface area contributed by atoms with Gasteiger partial charge in [0.05, 0.1) is 10.5 Å². The van der Waals surface area contributed by atoms with Crippen LogP contribution in [0.25, 0.3) is 16.7 Å². The molecular formula is C19H16O4S. The van der Waals surface area contributed by atoms with Gasteiger partial charge < -0.3 is 10.2 Å². The molecule has 2 N–H and O–H groups in total. The molecule has 4 nitrogen and oxygen atoms in total. The van der Waals surface area contributed by atoms with E-state index in [9.17, 15) is 9.59 Å². The van der Waals surface area contributed by atoms with Gasteiger partial charge in [-0.05, 0) is 34.2 Å². The minimum absolute atomic E-state index is 0.130. The normalized spacial score (nSPS) is 10.7. The van der Waals surface area contributed by atoms with E-state index in [1.165, 1.54) is 11.1 Å². The highest BCUT2D eigenvalue weighted by atomic mass is 32.1. The Kier molecular flexibility index (Phi) is 5.26. The van der Waals surface area contributed by atoms with Crippen molar-refractivity contribution in [1.82, 2.24) is 0 Å². The summed E-state index contributed by atoms with van der Waals surface area (Å²) in [5, 5.41) is 16.9. The number of carboxylic acids is 2. The van der Waals surface area contributed by atoms with Gasteiger partial charge in [0.2, 0.25) is 0 Å². The van der Waals surface area contributed by atoms with Gasteiger partial charge in [-0.25, -0.2) is 9.59 Å². The van der Waals surface area contributed by atoms with Crippen molar-refractivity contribution in [2.24, 2.45) is 0 Å². The van der Waals surface area contributed by atoms with Gasteiger partial charge in [0.1, 0.15) is 0 Å². The van der Waals surface area contributed by atoms with Gasteiger partial charge in [0, 0.05) is 0 Å². The van der Waals surface area contributed by atoms with E-state index in [0.29, 0.717) is 0 Å². The monoisotopic (exact) mass is 340 g/mol. The highest BCUT2D eigenvalue weighted by Gasteiger charge is 2.22. The van der Waals surface area contributed by atoms with Crippen LogP contribution in [-0.4, -0.2) is 22.2 Å². The van der Waals surface area contributed by atoms with Gasteiger partial charge in [-0.15, -0.1) is 12.6 Å². The third kappa shape index (κ3) is 3.58. The van der Waals surface area contributed by atoms with Crippen molar-refractivity contribution in [3.63, 3.8) is 0 Å². The minimum Gasteiger partial charge on any atom is -0.478 e. The number of thiol groups is 1. The predicted molar refractivity (Wildman–Crippen MR) is 97.1 cm³/mol. The Morgan fingerprint density at radius 1 is 0.917 bits per heavy atom. The first-order chi connectivity index (χ1) is 11.3. The van der Waals surface area contributed by atoms with Crippen molar-refractivity contribution in [1.29, 1.82) is 0 Å². The molecule has 0 heterocycles. The summed E-state index contributed by atoms with van der Waals surface area (Å²) >= 11 is 3.40. The molecule has 0 bridgehead atoms. The Labute approximate surface area is 145 Å². The fourth-order valence-electron chi connectivity index (χ4n) is 2.56. The molecule has 0 saturated carbocycles. The molecule has 0 fully saturated rings. The van der Waals surface area contributed by atoms with E-state index in [0.717, 1.165) is 23.1 Å². The Bertz CT molecular complexity index is 840. The number of aliphatic carboxylic acids is 2. The summed E-state index contributed by atoms with van der Waals surface area (Å²) in [5.41, 5.74) is 5.57. The molecule has 0 spiro atoms. The summed E-state index contributed by atoms with van der Waals surface area (Å²) < 4.78 is 0. The number of benzene rings is 2. The summed E-state index contributed by atoms with van der Waals surface area (Å²) in [7, 11) is 0. The summed E-state index contributed by atoms with van der Waals surface area (Å²) in [5.74, 6) is -2.03. The maximum absolute atomic E-state index is 11.1. The van der Waals surface area contributed by atoms with Crippen LogP contribution in [0.15, 0.2) is 60.5 Å². The predicted octanol–water partition coefficient (Wildman–Crippen LogP) is 3.87. The quantitative estimate of drug-likeness (QED) is 0.500. The van der Waals surface area contributed by atoms with Crippen LogP contribution in [0, 0.1) is 0 Å². The van der Waals surface area contributed by atoms with Gasteiger partial charge in [0.25, 0.3) is 0 Å². The topological polar surface area (TPSA) is 74.6 Å². The molecule has 0 saturated heterocycles. The van der Waals surface area contributed by atoms with Crippen molar-refractivity contribution in [3.05, 3.63) is 77.2 Å². The van der Waals surface area contributed by atoms with Crippen LogP contribution in [0.3, 0.4) is 0 Å². The largest absolute Gasteiger partial charge is 0.478 e. The summed E-state index contributed by atoms with van der Waals surface area (Å²) in [6.07, 6.45) is 0.786. The zero-order valence-electron chi connectivity index (χ0n) is 12.8. The standard InChI is InChI=1S/C16H12O2.C3H4O2S/c1-10(16(17)18)12-7-4-8-14-13-6-3-2-5-11(13)9-15(12)14;1-2(6)3(4)5/h2-8H,1,9H2,(H,17,18);6H,1H2,(H,4,5). The van der Waals surface area contributed by atoms with E-state index in [-0.39, 0.29) is 10.5 Å². The fourth-order valence-corrected chi connectivity index (χ4v) is 2.56. The number of hydrogen-bond donors (Lipinski definition) is 3. The van der Waals surface area contributed by atoms with Crippen molar-refractivity contribution in [2.45, 2.75) is 6.42 Å². The van der Waals surface area contributed by atoms with Gasteiger partial charge in [-0.3, -0.25) is 0 Å². The minimum atomic E-state index is -1.07. The van der Waals surface area contributed by atoms with Gasteiger partial charge in [-0.1, -0.05) is 55.6 Å². The van der Waals surface area contributed by atoms with Gasteiger partial charge in [-0.2, -0.15) is 0 Å². The zero-order valence-corrected chi connectivity index (χ0v) is 13.7. The second-order valence-electron chi connectivity index (χ2n) is 5.20. The van der Waals surface area contributed by atoms with Crippen molar-refractivity contribution >= 4 is 30.1 Å². The van der Waals surface area contributed by atoms with Crippen molar-refractivity contribution < 1.29 is 19.8 Å². The Morgan fingerprint density at radius 3 is 2.08 bits per heavy atom. The molecule has 3 rings (SSSR count). The first-order valence-electron chi connectivity index (χ1n) is 7.06. The van der Waals surface area contributed by atoms with Crippen LogP contribution in [0.2, 0.25) is 0 Å². The van der Waals surface area contributed by atoms with Crippen LogP contribution in [-0.2, 0) is 16.0 Å². The molecule has 0 atom stereocenters. The van der Waals surface area contributed by atoms with Crippen molar-refractivity contribution in [2.75, 3.05) is 0 Å². The fraction of sp³-hybridized carbons (Fsp3) is 0.0526. The molecular weight excluding hydrogens is 324 g/mol. The van der Waals surface area contributed by atoms with E-state index in [2.05, 4.69) is 37.9 Å². The van der Waals surface area contributed by atoms with Crippen LogP contribution in [0.1, 0.15) is 16.7 Å². The second kappa shape index (κ2) is 7.19. The molecule has 0 unspecified atom stereocenters. The average molecular weight is 340 g/mol. The number of carbonyl (C=O) groups is 2. The van der Waals surface area contributed by atoms with Crippen LogP contribution in [0.5, 0.6) is 0 Å². The maximum Gasteiger partial charge on any atom is 0.341 e. The molecule has 24 heavy (non-hydrogen) atoms. The summed E-state index contributed by atoms with van der Waals surface area (Å²) in [6.45, 7) is 6.68. The second-order valence-corrected chi connectivity index (χ2v) is 5.74. The van der Waals surface area contributed by atoms with Crippen molar-refractivity contribution in [3.8, 4) is 11.1 Å². The van der Waals surface area contributed by atoms with Crippen LogP contribution < -0.4 is 0 Å². The van der Waals surface area contributed by atoms with Crippen LogP contribution >= 0.6 is 12.6 Å².